The number of rotatable bonds is 6. The Kier molecular flexibility index (Phi) is 5.11. The van der Waals surface area contributed by atoms with Gasteiger partial charge in [-0.05, 0) is 12.3 Å². The van der Waals surface area contributed by atoms with Gasteiger partial charge >= 0.3 is 0 Å². The lowest BCUT2D eigenvalue weighted by Crippen LogP contribution is -2.09. The molecule has 1 atom stereocenters. The second kappa shape index (κ2) is 7.45. The summed E-state index contributed by atoms with van der Waals surface area (Å²) in [6, 6.07) is 20.4. The maximum Gasteiger partial charge on any atom is 0.112 e. The highest BCUT2D eigenvalue weighted by atomic mass is 16.3. The molecular formula is C21H24N2O. The normalized spacial score (nSPS) is 12.5. The molecule has 3 nitrogen and oxygen atoms in total. The van der Waals surface area contributed by atoms with E-state index in [0.717, 1.165) is 34.8 Å². The van der Waals surface area contributed by atoms with Crippen LogP contribution in [-0.2, 0) is 0 Å². The Morgan fingerprint density at radius 2 is 1.50 bits per heavy atom. The fourth-order valence-corrected chi connectivity index (χ4v) is 3.05. The van der Waals surface area contributed by atoms with Crippen LogP contribution >= 0.6 is 0 Å². The second-order valence-corrected chi connectivity index (χ2v) is 6.59. The highest BCUT2D eigenvalue weighted by Crippen LogP contribution is 2.33. The van der Waals surface area contributed by atoms with E-state index in [-0.39, 0.29) is 12.5 Å². The van der Waals surface area contributed by atoms with Crippen molar-refractivity contribution in [2.75, 3.05) is 6.61 Å². The minimum atomic E-state index is 0.0323. The number of nitrogens with one attached hydrogen (secondary N) is 1. The quantitative estimate of drug-likeness (QED) is 0.681. The molecule has 0 bridgehead atoms. The number of aromatic amines is 1. The molecule has 2 aromatic carbocycles. The standard InChI is InChI=1S/C21H24N2O/c1-15(2)13-18(14-24)21-22-19(16-9-5-3-6-10-16)20(23-21)17-11-7-4-8-12-17/h3-12,15,18,24H,13-14H2,1-2H3,(H,22,23)/t18-/m1/s1. The predicted molar refractivity (Wildman–Crippen MR) is 98.7 cm³/mol. The molecule has 0 aliphatic rings. The lowest BCUT2D eigenvalue weighted by molar-refractivity contribution is 0.244. The largest absolute Gasteiger partial charge is 0.396 e. The van der Waals surface area contributed by atoms with E-state index in [2.05, 4.69) is 43.1 Å². The molecule has 1 aromatic heterocycles. The molecule has 3 heteroatoms. The van der Waals surface area contributed by atoms with Crippen LogP contribution in [0.2, 0.25) is 0 Å². The molecule has 3 rings (SSSR count). The average Bonchev–Trinajstić information content (AvgIpc) is 3.06. The van der Waals surface area contributed by atoms with Crippen molar-refractivity contribution in [1.29, 1.82) is 0 Å². The molecule has 24 heavy (non-hydrogen) atoms. The topological polar surface area (TPSA) is 48.9 Å². The summed E-state index contributed by atoms with van der Waals surface area (Å²) in [6.45, 7) is 4.44. The van der Waals surface area contributed by atoms with E-state index in [4.69, 9.17) is 4.98 Å². The molecule has 1 heterocycles. The summed E-state index contributed by atoms with van der Waals surface area (Å²) in [5.74, 6) is 1.40. The van der Waals surface area contributed by atoms with Gasteiger partial charge in [-0.15, -0.1) is 0 Å². The maximum absolute atomic E-state index is 9.81. The summed E-state index contributed by atoms with van der Waals surface area (Å²) in [5, 5.41) is 9.81. The van der Waals surface area contributed by atoms with Crippen molar-refractivity contribution in [2.45, 2.75) is 26.2 Å². The fourth-order valence-electron chi connectivity index (χ4n) is 3.05. The van der Waals surface area contributed by atoms with E-state index in [9.17, 15) is 5.11 Å². The maximum atomic E-state index is 9.81. The van der Waals surface area contributed by atoms with Crippen LogP contribution in [-0.4, -0.2) is 21.7 Å². The van der Waals surface area contributed by atoms with Crippen LogP contribution in [0.4, 0.5) is 0 Å². The van der Waals surface area contributed by atoms with E-state index in [1.54, 1.807) is 0 Å². The van der Waals surface area contributed by atoms with Crippen LogP contribution in [0.3, 0.4) is 0 Å². The number of aliphatic hydroxyl groups is 1. The number of benzene rings is 2. The molecule has 0 radical (unpaired) electrons. The molecule has 0 fully saturated rings. The Bertz CT molecular complexity index is 706. The van der Waals surface area contributed by atoms with Gasteiger partial charge in [-0.25, -0.2) is 4.98 Å². The molecule has 0 spiro atoms. The van der Waals surface area contributed by atoms with Gasteiger partial charge in [0.25, 0.3) is 0 Å². The van der Waals surface area contributed by atoms with Gasteiger partial charge in [0.15, 0.2) is 0 Å². The molecule has 124 valence electrons. The summed E-state index contributed by atoms with van der Waals surface area (Å²) >= 11 is 0. The first kappa shape index (κ1) is 16.5. The molecule has 2 N–H and O–H groups in total. The molecular weight excluding hydrogens is 296 g/mol. The Hall–Kier alpha value is -2.39. The molecule has 0 saturated heterocycles. The van der Waals surface area contributed by atoms with E-state index in [1.165, 1.54) is 0 Å². The first-order valence-electron chi connectivity index (χ1n) is 8.50. The zero-order chi connectivity index (χ0) is 16.9. The highest BCUT2D eigenvalue weighted by Gasteiger charge is 2.20. The lowest BCUT2D eigenvalue weighted by Gasteiger charge is -2.13. The van der Waals surface area contributed by atoms with Crippen LogP contribution in [0.5, 0.6) is 0 Å². The van der Waals surface area contributed by atoms with Crippen molar-refractivity contribution in [1.82, 2.24) is 9.97 Å². The smallest absolute Gasteiger partial charge is 0.112 e. The number of aliphatic hydroxyl groups excluding tert-OH is 1. The summed E-state index contributed by atoms with van der Waals surface area (Å²) in [6.07, 6.45) is 0.909. The zero-order valence-electron chi connectivity index (χ0n) is 14.2. The van der Waals surface area contributed by atoms with Gasteiger partial charge in [0.2, 0.25) is 0 Å². The first-order chi connectivity index (χ1) is 11.7. The van der Waals surface area contributed by atoms with Gasteiger partial charge in [-0.1, -0.05) is 74.5 Å². The average molecular weight is 320 g/mol. The van der Waals surface area contributed by atoms with Gasteiger partial charge in [-0.3, -0.25) is 0 Å². The van der Waals surface area contributed by atoms with Gasteiger partial charge in [-0.2, -0.15) is 0 Å². The highest BCUT2D eigenvalue weighted by molar-refractivity contribution is 5.78. The van der Waals surface area contributed by atoms with Crippen LogP contribution in [0.25, 0.3) is 22.5 Å². The predicted octanol–water partition coefficient (Wildman–Crippen LogP) is 4.87. The van der Waals surface area contributed by atoms with Gasteiger partial charge in [0.05, 0.1) is 18.0 Å². The van der Waals surface area contributed by atoms with E-state index in [0.29, 0.717) is 5.92 Å². The van der Waals surface area contributed by atoms with Gasteiger partial charge < -0.3 is 10.1 Å². The number of imidazole rings is 1. The fraction of sp³-hybridized carbons (Fsp3) is 0.286. The minimum absolute atomic E-state index is 0.0323. The number of H-pyrrole nitrogens is 1. The molecule has 0 amide bonds. The van der Waals surface area contributed by atoms with Crippen molar-refractivity contribution in [3.05, 3.63) is 66.5 Å². The van der Waals surface area contributed by atoms with E-state index < -0.39 is 0 Å². The third-order valence-electron chi connectivity index (χ3n) is 4.19. The number of hydrogen-bond acceptors (Lipinski definition) is 2. The number of aromatic nitrogens is 2. The Morgan fingerprint density at radius 1 is 0.917 bits per heavy atom. The first-order valence-corrected chi connectivity index (χ1v) is 8.50. The zero-order valence-corrected chi connectivity index (χ0v) is 14.2. The minimum Gasteiger partial charge on any atom is -0.396 e. The van der Waals surface area contributed by atoms with Crippen LogP contribution < -0.4 is 0 Å². The summed E-state index contributed by atoms with van der Waals surface area (Å²) in [4.78, 5) is 8.35. The molecule has 0 saturated carbocycles. The van der Waals surface area contributed by atoms with Crippen molar-refractivity contribution in [2.24, 2.45) is 5.92 Å². The van der Waals surface area contributed by atoms with Crippen molar-refractivity contribution in [3.63, 3.8) is 0 Å². The third-order valence-corrected chi connectivity index (χ3v) is 4.19. The van der Waals surface area contributed by atoms with Gasteiger partial charge in [0.1, 0.15) is 5.82 Å². The Labute approximate surface area is 143 Å². The van der Waals surface area contributed by atoms with E-state index in [1.807, 2.05) is 36.4 Å². The molecule has 3 aromatic rings. The Morgan fingerprint density at radius 3 is 2.04 bits per heavy atom. The van der Waals surface area contributed by atoms with Crippen molar-refractivity contribution in [3.8, 4) is 22.5 Å². The van der Waals surface area contributed by atoms with Gasteiger partial charge in [0, 0.05) is 17.0 Å². The number of nitrogens with zero attached hydrogens (tertiary/aromatic N) is 1. The van der Waals surface area contributed by atoms with Crippen LogP contribution in [0, 0.1) is 5.92 Å². The summed E-state index contributed by atoms with van der Waals surface area (Å²) in [5.41, 5.74) is 4.15. The SMILES string of the molecule is CC(C)C[C@H](CO)c1nc(-c2ccccc2)c(-c2ccccc2)[nH]1. The Balaban J connectivity index is 2.09. The lowest BCUT2D eigenvalue weighted by atomic mass is 9.97. The monoisotopic (exact) mass is 320 g/mol. The molecule has 0 aliphatic carbocycles. The molecule has 0 aliphatic heterocycles. The van der Waals surface area contributed by atoms with Crippen LogP contribution in [0.15, 0.2) is 60.7 Å². The summed E-state index contributed by atoms with van der Waals surface area (Å²) < 4.78 is 0. The van der Waals surface area contributed by atoms with Crippen molar-refractivity contribution < 1.29 is 5.11 Å². The van der Waals surface area contributed by atoms with Crippen molar-refractivity contribution >= 4 is 0 Å². The molecule has 0 unspecified atom stereocenters. The second-order valence-electron chi connectivity index (χ2n) is 6.59. The number of hydrogen-bond donors (Lipinski definition) is 2. The summed E-state index contributed by atoms with van der Waals surface area (Å²) in [7, 11) is 0. The third kappa shape index (κ3) is 3.57. The van der Waals surface area contributed by atoms with E-state index >= 15 is 0 Å². The van der Waals surface area contributed by atoms with Crippen LogP contribution in [0.1, 0.15) is 32.0 Å².